The van der Waals surface area contributed by atoms with Crippen LogP contribution in [-0.4, -0.2) is 0 Å². The zero-order valence-electron chi connectivity index (χ0n) is 6.32. The third-order valence-electron chi connectivity index (χ3n) is 1.37. The van der Waals surface area contributed by atoms with Gasteiger partial charge in [-0.1, -0.05) is 11.6 Å². The van der Waals surface area contributed by atoms with E-state index >= 15 is 0 Å². The predicted molar refractivity (Wildman–Crippen MR) is 39.0 cm³/mol. The van der Waals surface area contributed by atoms with Gasteiger partial charge in [-0.15, -0.1) is 0 Å². The molecule has 0 aromatic heterocycles. The quantitative estimate of drug-likeness (QED) is 0.534. The van der Waals surface area contributed by atoms with Crippen molar-refractivity contribution in [3.8, 4) is 0 Å². The van der Waals surface area contributed by atoms with Gasteiger partial charge in [0.25, 0.3) is 0 Å². The van der Waals surface area contributed by atoms with Crippen LogP contribution >= 0.6 is 0 Å². The van der Waals surface area contributed by atoms with Crippen molar-refractivity contribution < 1.29 is 8.78 Å². The standard InChI is InChI=1S/C8H12F2/c1-3-7(2)4-5-8(10)6-9/h3,6H,4-5H2,1-2H3/b7-3-,8-6-. The molecule has 0 saturated carbocycles. The number of halogens is 2. The monoisotopic (exact) mass is 146 g/mol. The highest BCUT2D eigenvalue weighted by molar-refractivity contribution is 4.99. The van der Waals surface area contributed by atoms with Crippen molar-refractivity contribution in [1.82, 2.24) is 0 Å². The molecule has 0 rings (SSSR count). The molecule has 0 unspecified atom stereocenters. The lowest BCUT2D eigenvalue weighted by Crippen LogP contribution is -1.77. The molecule has 0 saturated heterocycles. The van der Waals surface area contributed by atoms with Gasteiger partial charge >= 0.3 is 0 Å². The van der Waals surface area contributed by atoms with Crippen molar-refractivity contribution in [1.29, 1.82) is 0 Å². The first-order valence-corrected chi connectivity index (χ1v) is 3.27. The van der Waals surface area contributed by atoms with Gasteiger partial charge in [-0.05, 0) is 20.3 Å². The van der Waals surface area contributed by atoms with Crippen molar-refractivity contribution >= 4 is 0 Å². The molecule has 0 spiro atoms. The summed E-state index contributed by atoms with van der Waals surface area (Å²) in [7, 11) is 0. The van der Waals surface area contributed by atoms with E-state index in [1.54, 1.807) is 0 Å². The highest BCUT2D eigenvalue weighted by atomic mass is 19.2. The summed E-state index contributed by atoms with van der Waals surface area (Å²) >= 11 is 0. The van der Waals surface area contributed by atoms with Crippen molar-refractivity contribution in [3.05, 3.63) is 23.8 Å². The summed E-state index contributed by atoms with van der Waals surface area (Å²) in [5, 5.41) is 0. The van der Waals surface area contributed by atoms with Crippen molar-refractivity contribution in [2.24, 2.45) is 0 Å². The van der Waals surface area contributed by atoms with Crippen LogP contribution in [-0.2, 0) is 0 Å². The Morgan fingerprint density at radius 1 is 1.40 bits per heavy atom. The molecule has 0 heterocycles. The Bertz CT molecular complexity index is 127. The summed E-state index contributed by atoms with van der Waals surface area (Å²) in [6.45, 7) is 3.78. The fraction of sp³-hybridized carbons (Fsp3) is 0.500. The Morgan fingerprint density at radius 2 is 2.00 bits per heavy atom. The van der Waals surface area contributed by atoms with Crippen LogP contribution in [0.15, 0.2) is 23.8 Å². The van der Waals surface area contributed by atoms with Gasteiger partial charge in [-0.3, -0.25) is 0 Å². The predicted octanol–water partition coefficient (Wildman–Crippen LogP) is 3.51. The summed E-state index contributed by atoms with van der Waals surface area (Å²) in [5.74, 6) is -0.679. The molecule has 0 aromatic rings. The summed E-state index contributed by atoms with van der Waals surface area (Å²) < 4.78 is 23.5. The lowest BCUT2D eigenvalue weighted by molar-refractivity contribution is 0.546. The van der Waals surface area contributed by atoms with Gasteiger partial charge in [0.1, 0.15) is 12.2 Å². The maximum atomic E-state index is 12.1. The Kier molecular flexibility index (Phi) is 4.81. The molecule has 0 amide bonds. The van der Waals surface area contributed by atoms with Crippen LogP contribution < -0.4 is 0 Å². The highest BCUT2D eigenvalue weighted by Crippen LogP contribution is 2.11. The third-order valence-corrected chi connectivity index (χ3v) is 1.37. The first-order chi connectivity index (χ1) is 4.70. The van der Waals surface area contributed by atoms with E-state index in [0.717, 1.165) is 5.57 Å². The van der Waals surface area contributed by atoms with Crippen LogP contribution in [0.25, 0.3) is 0 Å². The molecular weight excluding hydrogens is 134 g/mol. The molecule has 0 aliphatic rings. The lowest BCUT2D eigenvalue weighted by atomic mass is 10.1. The molecule has 0 atom stereocenters. The molecule has 0 N–H and O–H groups in total. The molecule has 0 aliphatic carbocycles. The maximum absolute atomic E-state index is 12.1. The second-order valence-corrected chi connectivity index (χ2v) is 2.19. The minimum Gasteiger partial charge on any atom is -0.213 e. The lowest BCUT2D eigenvalue weighted by Gasteiger charge is -1.95. The summed E-state index contributed by atoms with van der Waals surface area (Å²) in [5.41, 5.74) is 1.08. The average Bonchev–Trinajstić information content (AvgIpc) is 1.99. The van der Waals surface area contributed by atoms with Gasteiger partial charge in [0.15, 0.2) is 0 Å². The first-order valence-electron chi connectivity index (χ1n) is 3.27. The van der Waals surface area contributed by atoms with E-state index in [2.05, 4.69) is 0 Å². The highest BCUT2D eigenvalue weighted by Gasteiger charge is 1.94. The van der Waals surface area contributed by atoms with E-state index in [1.807, 2.05) is 19.9 Å². The largest absolute Gasteiger partial charge is 0.213 e. The number of hydrogen-bond acceptors (Lipinski definition) is 0. The molecule has 0 nitrogen and oxygen atoms in total. The van der Waals surface area contributed by atoms with E-state index in [-0.39, 0.29) is 12.8 Å². The molecule has 10 heavy (non-hydrogen) atoms. The minimum atomic E-state index is -0.679. The van der Waals surface area contributed by atoms with Gasteiger partial charge in [0.2, 0.25) is 0 Å². The normalized spacial score (nSPS) is 14.0. The molecule has 2 heteroatoms. The molecule has 0 aromatic carbocycles. The fourth-order valence-corrected chi connectivity index (χ4v) is 0.515. The summed E-state index contributed by atoms with van der Waals surface area (Å²) in [6.07, 6.45) is 2.68. The minimum absolute atomic E-state index is 0.0168. The third kappa shape index (κ3) is 4.24. The summed E-state index contributed by atoms with van der Waals surface area (Å²) in [6, 6.07) is 0. The van der Waals surface area contributed by atoms with Crippen molar-refractivity contribution in [2.45, 2.75) is 26.7 Å². The molecule has 0 aliphatic heterocycles. The number of hydrogen-bond donors (Lipinski definition) is 0. The zero-order chi connectivity index (χ0) is 7.98. The molecule has 0 bridgehead atoms. The Hall–Kier alpha value is -0.660. The molecule has 58 valence electrons. The Labute approximate surface area is 60.2 Å². The van der Waals surface area contributed by atoms with E-state index in [9.17, 15) is 8.78 Å². The Morgan fingerprint density at radius 3 is 2.40 bits per heavy atom. The van der Waals surface area contributed by atoms with Crippen molar-refractivity contribution in [2.75, 3.05) is 0 Å². The van der Waals surface area contributed by atoms with Crippen molar-refractivity contribution in [3.63, 3.8) is 0 Å². The SMILES string of the molecule is C/C=C(/C)CC/C(F)=C/F. The Balaban J connectivity index is 3.56. The maximum Gasteiger partial charge on any atom is 0.128 e. The fourth-order valence-electron chi connectivity index (χ4n) is 0.515. The van der Waals surface area contributed by atoms with Gasteiger partial charge in [0, 0.05) is 6.42 Å². The van der Waals surface area contributed by atoms with E-state index < -0.39 is 5.83 Å². The average molecular weight is 146 g/mol. The zero-order valence-corrected chi connectivity index (χ0v) is 6.32. The van der Waals surface area contributed by atoms with Gasteiger partial charge in [-0.25, -0.2) is 8.78 Å². The number of allylic oxidation sites excluding steroid dienone is 3. The van der Waals surface area contributed by atoms with Crippen LogP contribution in [0.4, 0.5) is 8.78 Å². The first kappa shape index (κ1) is 9.34. The van der Waals surface area contributed by atoms with Crippen LogP contribution in [0, 0.1) is 0 Å². The van der Waals surface area contributed by atoms with Crippen LogP contribution in [0.3, 0.4) is 0 Å². The van der Waals surface area contributed by atoms with Crippen LogP contribution in [0.2, 0.25) is 0 Å². The second kappa shape index (κ2) is 5.15. The van der Waals surface area contributed by atoms with Gasteiger partial charge < -0.3 is 0 Å². The van der Waals surface area contributed by atoms with E-state index in [0.29, 0.717) is 6.42 Å². The van der Waals surface area contributed by atoms with Gasteiger partial charge in [-0.2, -0.15) is 0 Å². The van der Waals surface area contributed by atoms with Gasteiger partial charge in [0.05, 0.1) is 0 Å². The van der Waals surface area contributed by atoms with Crippen LogP contribution in [0.1, 0.15) is 26.7 Å². The summed E-state index contributed by atoms with van der Waals surface area (Å²) in [4.78, 5) is 0. The molecule has 0 fully saturated rings. The number of rotatable bonds is 3. The molecular formula is C8H12F2. The smallest absolute Gasteiger partial charge is 0.128 e. The second-order valence-electron chi connectivity index (χ2n) is 2.19. The van der Waals surface area contributed by atoms with E-state index in [4.69, 9.17) is 0 Å². The molecule has 0 radical (unpaired) electrons. The van der Waals surface area contributed by atoms with E-state index in [1.165, 1.54) is 0 Å². The topological polar surface area (TPSA) is 0 Å². The van der Waals surface area contributed by atoms with Crippen LogP contribution in [0.5, 0.6) is 0 Å².